The highest BCUT2D eigenvalue weighted by Gasteiger charge is 2.16. The number of hydrogen-bond acceptors (Lipinski definition) is 2. The Hall–Kier alpha value is -6.48. The average molecular weight is 680 g/mol. The molecule has 0 saturated carbocycles. The maximum Gasteiger partial charge on any atom is 0.0467 e. The molecule has 0 radical (unpaired) electrons. The van der Waals surface area contributed by atoms with Gasteiger partial charge in [-0.2, -0.15) is 0 Å². The van der Waals surface area contributed by atoms with Crippen LogP contribution in [0.5, 0.6) is 0 Å². The van der Waals surface area contributed by atoms with Gasteiger partial charge in [0.1, 0.15) is 0 Å². The molecule has 0 N–H and O–H groups in total. The van der Waals surface area contributed by atoms with Crippen molar-refractivity contribution in [2.45, 2.75) is 0 Å². The Morgan fingerprint density at radius 3 is 1.44 bits per heavy atom. The summed E-state index contributed by atoms with van der Waals surface area (Å²) in [4.78, 5) is 2.39. The van der Waals surface area contributed by atoms with Crippen molar-refractivity contribution < 1.29 is 0 Å². The van der Waals surface area contributed by atoms with Crippen LogP contribution in [-0.2, 0) is 0 Å². The summed E-state index contributed by atoms with van der Waals surface area (Å²) in [6.45, 7) is 0. The zero-order valence-corrected chi connectivity index (χ0v) is 29.2. The molecule has 2 heteroatoms. The third kappa shape index (κ3) is 5.42. The number of anilines is 3. The SMILES string of the molecule is c1cc(-c2ccc3ccccc3c2)cc(N(c2ccc(-c3cccc4sc5ccccc5c34)cc2)c2cccc(-c3ccc4ccccc4c3)c2)c1. The van der Waals surface area contributed by atoms with Crippen LogP contribution in [0.25, 0.3) is 75.1 Å². The van der Waals surface area contributed by atoms with Crippen molar-refractivity contribution in [3.8, 4) is 33.4 Å². The van der Waals surface area contributed by atoms with E-state index < -0.39 is 0 Å². The molecule has 0 amide bonds. The molecular weight excluding hydrogens is 647 g/mol. The maximum absolute atomic E-state index is 2.39. The van der Waals surface area contributed by atoms with E-state index in [1.807, 2.05) is 11.3 Å². The summed E-state index contributed by atoms with van der Waals surface area (Å²) in [6, 6.07) is 73.0. The van der Waals surface area contributed by atoms with Crippen LogP contribution in [0.1, 0.15) is 0 Å². The fraction of sp³-hybridized carbons (Fsp3) is 0. The Labute approximate surface area is 307 Å². The van der Waals surface area contributed by atoms with Gasteiger partial charge in [0, 0.05) is 37.2 Å². The van der Waals surface area contributed by atoms with Crippen molar-refractivity contribution in [1.29, 1.82) is 0 Å². The normalized spacial score (nSPS) is 11.5. The first kappa shape index (κ1) is 30.4. The van der Waals surface area contributed by atoms with Crippen molar-refractivity contribution in [2.24, 2.45) is 0 Å². The maximum atomic E-state index is 2.39. The largest absolute Gasteiger partial charge is 0.310 e. The monoisotopic (exact) mass is 679 g/mol. The van der Waals surface area contributed by atoms with E-state index in [0.29, 0.717) is 0 Å². The lowest BCUT2D eigenvalue weighted by molar-refractivity contribution is 1.28. The van der Waals surface area contributed by atoms with E-state index in [-0.39, 0.29) is 0 Å². The zero-order valence-electron chi connectivity index (χ0n) is 28.4. The molecule has 0 spiro atoms. The van der Waals surface area contributed by atoms with Gasteiger partial charge in [-0.05, 0) is 116 Å². The number of hydrogen-bond donors (Lipinski definition) is 0. The minimum absolute atomic E-state index is 1.11. The summed E-state index contributed by atoms with van der Waals surface area (Å²) < 4.78 is 2.64. The predicted octanol–water partition coefficient (Wildman–Crippen LogP) is 14.8. The number of benzene rings is 9. The second-order valence-electron chi connectivity index (χ2n) is 13.4. The molecule has 0 fully saturated rings. The van der Waals surface area contributed by atoms with Crippen LogP contribution in [-0.4, -0.2) is 0 Å². The third-order valence-electron chi connectivity index (χ3n) is 10.2. The second-order valence-corrected chi connectivity index (χ2v) is 14.5. The molecule has 1 aromatic heterocycles. The number of fused-ring (bicyclic) bond motifs is 5. The Morgan fingerprint density at radius 2 is 0.808 bits per heavy atom. The summed E-state index contributed by atoms with van der Waals surface area (Å²) >= 11 is 1.86. The van der Waals surface area contributed by atoms with Gasteiger partial charge in [0.25, 0.3) is 0 Å². The molecule has 9 aromatic carbocycles. The van der Waals surface area contributed by atoms with Crippen LogP contribution in [0.2, 0.25) is 0 Å². The Balaban J connectivity index is 1.10. The van der Waals surface area contributed by atoms with Gasteiger partial charge >= 0.3 is 0 Å². The molecule has 0 atom stereocenters. The lowest BCUT2D eigenvalue weighted by Crippen LogP contribution is -2.10. The van der Waals surface area contributed by atoms with Crippen LogP contribution in [0.3, 0.4) is 0 Å². The molecule has 0 saturated heterocycles. The van der Waals surface area contributed by atoms with Gasteiger partial charge in [-0.15, -0.1) is 11.3 Å². The summed E-state index contributed by atoms with van der Waals surface area (Å²) in [5, 5.41) is 7.64. The quantitative estimate of drug-likeness (QED) is 0.169. The van der Waals surface area contributed by atoms with Gasteiger partial charge in [-0.25, -0.2) is 0 Å². The van der Waals surface area contributed by atoms with Crippen LogP contribution < -0.4 is 4.90 Å². The smallest absolute Gasteiger partial charge is 0.0467 e. The van der Waals surface area contributed by atoms with E-state index in [1.165, 1.54) is 75.1 Å². The van der Waals surface area contributed by atoms with Crippen molar-refractivity contribution in [3.05, 3.63) is 200 Å². The van der Waals surface area contributed by atoms with Gasteiger partial charge in [0.2, 0.25) is 0 Å². The van der Waals surface area contributed by atoms with E-state index in [0.717, 1.165) is 17.1 Å². The first-order valence-electron chi connectivity index (χ1n) is 17.7. The predicted molar refractivity (Wildman–Crippen MR) is 225 cm³/mol. The molecule has 0 unspecified atom stereocenters. The molecule has 10 rings (SSSR count). The first-order chi connectivity index (χ1) is 25.7. The van der Waals surface area contributed by atoms with Crippen molar-refractivity contribution in [3.63, 3.8) is 0 Å². The highest BCUT2D eigenvalue weighted by atomic mass is 32.1. The van der Waals surface area contributed by atoms with Gasteiger partial charge in [0.05, 0.1) is 0 Å². The van der Waals surface area contributed by atoms with Gasteiger partial charge < -0.3 is 4.90 Å². The van der Waals surface area contributed by atoms with Crippen molar-refractivity contribution in [2.75, 3.05) is 4.90 Å². The van der Waals surface area contributed by atoms with E-state index in [9.17, 15) is 0 Å². The number of thiophene rings is 1. The lowest BCUT2D eigenvalue weighted by Gasteiger charge is -2.27. The second kappa shape index (κ2) is 12.7. The molecule has 1 heterocycles. The fourth-order valence-electron chi connectivity index (χ4n) is 7.64. The van der Waals surface area contributed by atoms with E-state index in [4.69, 9.17) is 0 Å². The molecule has 0 aliphatic rings. The van der Waals surface area contributed by atoms with Crippen molar-refractivity contribution >= 4 is 70.1 Å². The standard InChI is InChI=1S/C50H33NS/c1-3-12-37-30-41(24-22-34(37)10-1)39-14-7-16-44(32-39)51(45-17-8-15-40(33-45)42-25-23-35-11-2-4-13-38(35)31-42)43-28-26-36(27-29-43)46-19-9-21-49-50(46)47-18-5-6-20-48(47)52-49/h1-33H. The Kier molecular flexibility index (Phi) is 7.41. The fourth-order valence-corrected chi connectivity index (χ4v) is 8.77. The molecular formula is C50H33NS. The van der Waals surface area contributed by atoms with Crippen LogP contribution in [0.4, 0.5) is 17.1 Å². The number of nitrogens with zero attached hydrogens (tertiary/aromatic N) is 1. The van der Waals surface area contributed by atoms with E-state index >= 15 is 0 Å². The topological polar surface area (TPSA) is 3.24 Å². The van der Waals surface area contributed by atoms with Crippen LogP contribution in [0.15, 0.2) is 200 Å². The summed E-state index contributed by atoms with van der Waals surface area (Å²) in [6.07, 6.45) is 0. The summed E-state index contributed by atoms with van der Waals surface area (Å²) in [7, 11) is 0. The average Bonchev–Trinajstić information content (AvgIpc) is 3.60. The summed E-state index contributed by atoms with van der Waals surface area (Å²) in [5.41, 5.74) is 10.6. The number of rotatable bonds is 6. The molecule has 52 heavy (non-hydrogen) atoms. The minimum atomic E-state index is 1.11. The lowest BCUT2D eigenvalue weighted by atomic mass is 9.98. The molecule has 0 bridgehead atoms. The minimum Gasteiger partial charge on any atom is -0.310 e. The van der Waals surface area contributed by atoms with Crippen LogP contribution in [0, 0.1) is 0 Å². The first-order valence-corrected chi connectivity index (χ1v) is 18.6. The summed E-state index contributed by atoms with van der Waals surface area (Å²) in [5.74, 6) is 0. The Bertz CT molecular complexity index is 2790. The molecule has 244 valence electrons. The Morgan fingerprint density at radius 1 is 0.308 bits per heavy atom. The molecule has 10 aromatic rings. The van der Waals surface area contributed by atoms with Gasteiger partial charge in [0.15, 0.2) is 0 Å². The zero-order chi connectivity index (χ0) is 34.4. The molecule has 1 nitrogen and oxygen atoms in total. The van der Waals surface area contributed by atoms with Crippen molar-refractivity contribution in [1.82, 2.24) is 0 Å². The highest BCUT2D eigenvalue weighted by Crippen LogP contribution is 2.42. The van der Waals surface area contributed by atoms with Gasteiger partial charge in [-0.1, -0.05) is 140 Å². The van der Waals surface area contributed by atoms with E-state index in [1.54, 1.807) is 0 Å². The van der Waals surface area contributed by atoms with Gasteiger partial charge in [-0.3, -0.25) is 0 Å². The van der Waals surface area contributed by atoms with E-state index in [2.05, 4.69) is 205 Å². The molecule has 0 aliphatic heterocycles. The third-order valence-corrected chi connectivity index (χ3v) is 11.3. The molecule has 0 aliphatic carbocycles. The van der Waals surface area contributed by atoms with Crippen LogP contribution >= 0.6 is 11.3 Å². The highest BCUT2D eigenvalue weighted by molar-refractivity contribution is 7.25.